The van der Waals surface area contributed by atoms with E-state index in [2.05, 4.69) is 72.8 Å². The zero-order valence-corrected chi connectivity index (χ0v) is 15.5. The van der Waals surface area contributed by atoms with Crippen LogP contribution in [0.5, 0.6) is 0 Å². The third-order valence-corrected chi connectivity index (χ3v) is 8.51. The molecule has 0 aromatic heterocycles. The molecule has 0 saturated carbocycles. The third-order valence-electron chi connectivity index (χ3n) is 4.05. The number of carbonyl (C=O) groups excluding carboxylic acids is 2. The number of Topliss-reactive ketones (excluding diaryl/α,β-unsaturated/α-hetero) is 1. The van der Waals surface area contributed by atoms with E-state index in [9.17, 15) is 4.79 Å². The largest absolute Gasteiger partial charge is 0.554 e. The molecule has 0 spiro atoms. The van der Waals surface area contributed by atoms with Gasteiger partial charge in [-0.3, -0.25) is 4.79 Å². The van der Waals surface area contributed by atoms with Gasteiger partial charge in [0.05, 0.1) is 0 Å². The van der Waals surface area contributed by atoms with Gasteiger partial charge in [-0.05, 0) is 43.3 Å². The molecule has 3 aromatic rings. The fraction of sp³-hybridized carbons (Fsp3) is 0.0909. The predicted molar refractivity (Wildman–Crippen MR) is 107 cm³/mol. The third kappa shape index (κ3) is 4.44. The van der Waals surface area contributed by atoms with Crippen molar-refractivity contribution in [2.45, 2.75) is 6.92 Å². The first-order chi connectivity index (χ1) is 12.6. The van der Waals surface area contributed by atoms with E-state index in [0.29, 0.717) is 6.16 Å². The van der Waals surface area contributed by atoms with Crippen LogP contribution in [-0.4, -0.2) is 18.4 Å². The highest BCUT2D eigenvalue weighted by atomic mass is 31.2. The average Bonchev–Trinajstić information content (AvgIpc) is 2.69. The Morgan fingerprint density at radius 2 is 1.04 bits per heavy atom. The Kier molecular flexibility index (Phi) is 7.25. The van der Waals surface area contributed by atoms with Crippen LogP contribution < -0.4 is 21.0 Å². The summed E-state index contributed by atoms with van der Waals surface area (Å²) in [6.45, 7) is 1.20. The topological polar surface area (TPSA) is 57.2 Å². The van der Waals surface area contributed by atoms with Gasteiger partial charge in [-0.15, -0.1) is 0 Å². The number of benzene rings is 3. The Hall–Kier alpha value is -2.77. The van der Waals surface area contributed by atoms with Crippen LogP contribution >= 0.6 is 7.26 Å². The van der Waals surface area contributed by atoms with Crippen molar-refractivity contribution in [1.29, 1.82) is 0 Å². The lowest BCUT2D eigenvalue weighted by Crippen LogP contribution is -2.35. The zero-order valence-electron chi connectivity index (χ0n) is 14.6. The highest BCUT2D eigenvalue weighted by Gasteiger charge is 2.46. The molecule has 0 unspecified atom stereocenters. The summed E-state index contributed by atoms with van der Waals surface area (Å²) in [5, 5.41) is 12.0. The molecule has 3 rings (SSSR count). The van der Waals surface area contributed by atoms with E-state index < -0.39 is 13.7 Å². The number of ketones is 1. The van der Waals surface area contributed by atoms with Gasteiger partial charge in [0.15, 0.2) is 5.78 Å². The summed E-state index contributed by atoms with van der Waals surface area (Å²) >= 11 is 0. The molecule has 0 aliphatic carbocycles. The van der Waals surface area contributed by atoms with Crippen molar-refractivity contribution in [2.24, 2.45) is 0 Å². The molecule has 0 N–H and O–H groups in total. The predicted octanol–water partition coefficient (Wildman–Crippen LogP) is 1.94. The number of carbonyl (C=O) groups is 2. The lowest BCUT2D eigenvalue weighted by atomic mass is 10.4. The lowest BCUT2D eigenvalue weighted by Gasteiger charge is -2.26. The van der Waals surface area contributed by atoms with Crippen LogP contribution in [0.2, 0.25) is 0 Å². The van der Waals surface area contributed by atoms with Crippen molar-refractivity contribution in [1.82, 2.24) is 0 Å². The maximum Gasteiger partial charge on any atom is 0.168 e. The summed E-state index contributed by atoms with van der Waals surface area (Å²) in [5.74, 6) is 0.231. The van der Waals surface area contributed by atoms with E-state index in [-0.39, 0.29) is 5.78 Å². The minimum Gasteiger partial charge on any atom is -0.554 e. The van der Waals surface area contributed by atoms with Crippen molar-refractivity contribution < 1.29 is 14.7 Å². The van der Waals surface area contributed by atoms with Gasteiger partial charge < -0.3 is 9.90 Å². The molecule has 0 aliphatic rings. The van der Waals surface area contributed by atoms with E-state index in [1.165, 1.54) is 15.9 Å². The van der Waals surface area contributed by atoms with Gasteiger partial charge in [-0.1, -0.05) is 54.6 Å². The van der Waals surface area contributed by atoms with Gasteiger partial charge in [0.25, 0.3) is 0 Å². The molecule has 0 radical (unpaired) electrons. The first kappa shape index (κ1) is 19.6. The van der Waals surface area contributed by atoms with Crippen molar-refractivity contribution in [3.63, 3.8) is 0 Å². The maximum atomic E-state index is 12.2. The fourth-order valence-corrected chi connectivity index (χ4v) is 7.26. The summed E-state index contributed by atoms with van der Waals surface area (Å²) in [7, 11) is -1.96. The molecule has 0 aliphatic heterocycles. The first-order valence-corrected chi connectivity index (χ1v) is 10.2. The number of hydrogen-bond acceptors (Lipinski definition) is 3. The van der Waals surface area contributed by atoms with E-state index in [4.69, 9.17) is 9.90 Å². The number of carboxylic acid groups (broad SMARTS) is 1. The number of rotatable bonds is 5. The molecule has 0 atom stereocenters. The Labute approximate surface area is 154 Å². The number of hydrogen-bond donors (Lipinski definition) is 0. The summed E-state index contributed by atoms with van der Waals surface area (Å²) in [4.78, 5) is 20.5. The Balaban J connectivity index is 0.000000758. The van der Waals surface area contributed by atoms with Crippen molar-refractivity contribution in [2.75, 3.05) is 6.16 Å². The second kappa shape index (κ2) is 9.65. The fourth-order valence-electron chi connectivity index (χ4n) is 3.10. The maximum absolute atomic E-state index is 12.2. The van der Waals surface area contributed by atoms with Crippen LogP contribution in [0, 0.1) is 0 Å². The molecule has 0 bridgehead atoms. The van der Waals surface area contributed by atoms with E-state index in [0.717, 1.165) is 0 Å². The van der Waals surface area contributed by atoms with Crippen LogP contribution in [0.3, 0.4) is 0 Å². The Morgan fingerprint density at radius 1 is 0.769 bits per heavy atom. The van der Waals surface area contributed by atoms with Crippen molar-refractivity contribution in [3.8, 4) is 0 Å². The Morgan fingerprint density at radius 3 is 1.27 bits per heavy atom. The standard InChI is InChI=1S/C21H20OP.CH2O2/c1-18(22)17-23(19-11-5-2-6-12-19,20-13-7-3-8-14-20)21-15-9-4-10-16-21;2-1-3/h2-16H,17H2,1H3;1H,(H,2,3)/q+1;/p-1. The Bertz CT molecular complexity index is 721. The van der Waals surface area contributed by atoms with Crippen LogP contribution in [0.1, 0.15) is 6.92 Å². The highest BCUT2D eigenvalue weighted by Crippen LogP contribution is 2.55. The summed E-state index contributed by atoms with van der Waals surface area (Å²) in [5.41, 5.74) is 0. The average molecular weight is 364 g/mol. The summed E-state index contributed by atoms with van der Waals surface area (Å²) in [6, 6.07) is 31.5. The summed E-state index contributed by atoms with van der Waals surface area (Å²) < 4.78 is 0. The monoisotopic (exact) mass is 364 g/mol. The molecule has 132 valence electrons. The molecule has 0 heterocycles. The second-order valence-electron chi connectivity index (χ2n) is 5.77. The van der Waals surface area contributed by atoms with Crippen molar-refractivity contribution >= 4 is 35.4 Å². The van der Waals surface area contributed by atoms with Crippen LogP contribution in [-0.2, 0) is 9.59 Å². The normalized spacial score (nSPS) is 10.3. The minimum atomic E-state index is -1.96. The summed E-state index contributed by atoms with van der Waals surface area (Å²) in [6.07, 6.45) is 0.561. The molecule has 4 heteroatoms. The molecule has 3 nitrogen and oxygen atoms in total. The van der Waals surface area contributed by atoms with E-state index in [1.54, 1.807) is 6.92 Å². The van der Waals surface area contributed by atoms with Crippen LogP contribution in [0.4, 0.5) is 0 Å². The van der Waals surface area contributed by atoms with Gasteiger partial charge >= 0.3 is 0 Å². The van der Waals surface area contributed by atoms with Crippen molar-refractivity contribution in [3.05, 3.63) is 91.0 Å². The lowest BCUT2D eigenvalue weighted by molar-refractivity contribution is -0.283. The van der Waals surface area contributed by atoms with E-state index >= 15 is 0 Å². The molecule has 26 heavy (non-hydrogen) atoms. The molecule has 0 saturated heterocycles. The van der Waals surface area contributed by atoms with E-state index in [1.807, 2.05) is 18.2 Å². The molecule has 0 amide bonds. The van der Waals surface area contributed by atoms with Gasteiger partial charge in [0.1, 0.15) is 29.3 Å². The SMILES string of the molecule is CC(=O)C[P+](c1ccccc1)(c1ccccc1)c1ccccc1.O=C[O-]. The van der Waals surface area contributed by atoms with Gasteiger partial charge in [0, 0.05) is 6.47 Å². The molecule has 3 aromatic carbocycles. The quantitative estimate of drug-likeness (QED) is 0.514. The van der Waals surface area contributed by atoms with Crippen LogP contribution in [0.15, 0.2) is 91.0 Å². The smallest absolute Gasteiger partial charge is 0.168 e. The highest BCUT2D eigenvalue weighted by molar-refractivity contribution is 7.96. The van der Waals surface area contributed by atoms with Gasteiger partial charge in [-0.25, -0.2) is 0 Å². The minimum absolute atomic E-state index is 0.231. The van der Waals surface area contributed by atoms with Gasteiger partial charge in [-0.2, -0.15) is 0 Å². The molecular weight excluding hydrogens is 343 g/mol. The molecular formula is C22H21O3P. The first-order valence-electron chi connectivity index (χ1n) is 8.25. The van der Waals surface area contributed by atoms with Crippen LogP contribution in [0.25, 0.3) is 0 Å². The van der Waals surface area contributed by atoms with Gasteiger partial charge in [0.2, 0.25) is 0 Å². The second-order valence-corrected chi connectivity index (χ2v) is 9.26. The zero-order chi connectivity index (χ0) is 18.8. The molecule has 0 fully saturated rings.